The number of hydrogen-bond acceptors (Lipinski definition) is 4. The van der Waals surface area contributed by atoms with Crippen molar-refractivity contribution in [3.63, 3.8) is 0 Å². The van der Waals surface area contributed by atoms with Gasteiger partial charge in [0, 0.05) is 40.2 Å². The topological polar surface area (TPSA) is 42.3 Å². The van der Waals surface area contributed by atoms with Crippen LogP contribution in [0, 0.1) is 0 Å². The fourth-order valence-corrected chi connectivity index (χ4v) is 6.43. The fourth-order valence-electron chi connectivity index (χ4n) is 5.85. The lowest BCUT2D eigenvalue weighted by atomic mass is 9.96. The van der Waals surface area contributed by atoms with Crippen molar-refractivity contribution < 1.29 is 4.74 Å². The van der Waals surface area contributed by atoms with E-state index in [-0.39, 0.29) is 0 Å². The highest BCUT2D eigenvalue weighted by Crippen LogP contribution is 2.39. The van der Waals surface area contributed by atoms with Gasteiger partial charge in [-0.3, -0.25) is 9.58 Å². The Kier molecular flexibility index (Phi) is 8.31. The van der Waals surface area contributed by atoms with E-state index in [1.54, 1.807) is 7.11 Å². The molecular formula is C34H34Cl2N4O. The highest BCUT2D eigenvalue weighted by Gasteiger charge is 2.18. The molecule has 0 saturated carbocycles. The Bertz CT molecular complexity index is 1670. The van der Waals surface area contributed by atoms with E-state index in [9.17, 15) is 0 Å². The van der Waals surface area contributed by atoms with Gasteiger partial charge < -0.3 is 10.1 Å². The number of fused-ring (bicyclic) bond motifs is 1. The van der Waals surface area contributed by atoms with E-state index < -0.39 is 0 Å². The van der Waals surface area contributed by atoms with Crippen LogP contribution in [0.15, 0.2) is 79.0 Å². The molecule has 1 saturated heterocycles. The van der Waals surface area contributed by atoms with Gasteiger partial charge in [-0.1, -0.05) is 77.8 Å². The molecule has 41 heavy (non-hydrogen) atoms. The van der Waals surface area contributed by atoms with Crippen molar-refractivity contribution >= 4 is 34.1 Å². The van der Waals surface area contributed by atoms with Gasteiger partial charge in [0.15, 0.2) is 0 Å². The van der Waals surface area contributed by atoms with Crippen LogP contribution < -0.4 is 10.1 Å². The highest BCUT2D eigenvalue weighted by atomic mass is 35.5. The van der Waals surface area contributed by atoms with Crippen LogP contribution in [0.2, 0.25) is 10.0 Å². The molecule has 1 aliphatic rings. The quantitative estimate of drug-likeness (QED) is 0.190. The van der Waals surface area contributed by atoms with Crippen LogP contribution in [-0.2, 0) is 19.6 Å². The highest BCUT2D eigenvalue weighted by molar-refractivity contribution is 6.36. The summed E-state index contributed by atoms with van der Waals surface area (Å²) in [5.74, 6) is 0.871. The van der Waals surface area contributed by atoms with E-state index in [0.29, 0.717) is 6.54 Å². The van der Waals surface area contributed by atoms with Gasteiger partial charge in [0.2, 0.25) is 0 Å². The molecule has 2 heterocycles. The molecule has 0 spiro atoms. The van der Waals surface area contributed by atoms with Crippen molar-refractivity contribution in [3.8, 4) is 28.0 Å². The number of nitrogens with one attached hydrogen (secondary N) is 1. The molecule has 1 aliphatic heterocycles. The summed E-state index contributed by atoms with van der Waals surface area (Å²) < 4.78 is 7.78. The SMILES string of the molecule is CNCc1ccc(-c2cccc(-c3cccc4c3cnn4Cc3cc(OC)c(CN4CCCC4)cc3Cl)c2Cl)cc1. The fraction of sp³-hybridized carbons (Fsp3) is 0.265. The monoisotopic (exact) mass is 584 g/mol. The molecule has 0 bridgehead atoms. The molecule has 4 aromatic carbocycles. The number of benzene rings is 4. The molecule has 210 valence electrons. The van der Waals surface area contributed by atoms with Crippen molar-refractivity contribution in [2.45, 2.75) is 32.5 Å². The second-order valence-electron chi connectivity index (χ2n) is 10.7. The van der Waals surface area contributed by atoms with Gasteiger partial charge in [-0.2, -0.15) is 5.10 Å². The average Bonchev–Trinajstić information content (AvgIpc) is 3.65. The van der Waals surface area contributed by atoms with Crippen molar-refractivity contribution in [2.24, 2.45) is 0 Å². The number of rotatable bonds is 9. The second kappa shape index (κ2) is 12.3. The summed E-state index contributed by atoms with van der Waals surface area (Å²) in [6.45, 7) is 4.48. The van der Waals surface area contributed by atoms with E-state index >= 15 is 0 Å². The van der Waals surface area contributed by atoms with Gasteiger partial charge in [0.05, 0.1) is 30.4 Å². The molecule has 0 unspecified atom stereocenters. The second-order valence-corrected chi connectivity index (χ2v) is 11.5. The van der Waals surface area contributed by atoms with Crippen LogP contribution in [0.3, 0.4) is 0 Å². The van der Waals surface area contributed by atoms with Crippen LogP contribution in [0.4, 0.5) is 0 Å². The summed E-state index contributed by atoms with van der Waals surface area (Å²) in [6.07, 6.45) is 4.43. The lowest BCUT2D eigenvalue weighted by Gasteiger charge is -2.18. The number of hydrogen-bond donors (Lipinski definition) is 1. The standard InChI is InChI=1S/C34H34Cl2N4O/c1-37-19-23-11-13-24(14-12-23)27-7-5-9-29(34(27)36)28-8-6-10-32-30(28)20-38-40(32)22-25-18-33(41-2)26(17-31(25)35)21-39-15-3-4-16-39/h5-14,17-18,20,37H,3-4,15-16,19,21-22H2,1-2H3. The van der Waals surface area contributed by atoms with Crippen LogP contribution in [0.1, 0.15) is 29.5 Å². The van der Waals surface area contributed by atoms with Gasteiger partial charge in [-0.05, 0) is 73.4 Å². The van der Waals surface area contributed by atoms with Crippen molar-refractivity contribution in [2.75, 3.05) is 27.2 Å². The normalized spacial score (nSPS) is 13.8. The zero-order valence-corrected chi connectivity index (χ0v) is 25.0. The Morgan fingerprint density at radius 1 is 0.854 bits per heavy atom. The molecule has 6 rings (SSSR count). The van der Waals surface area contributed by atoms with Crippen LogP contribution in [-0.4, -0.2) is 41.9 Å². The van der Waals surface area contributed by atoms with E-state index in [2.05, 4.69) is 83.0 Å². The summed E-state index contributed by atoms with van der Waals surface area (Å²) in [6, 6.07) is 25.1. The van der Waals surface area contributed by atoms with Gasteiger partial charge >= 0.3 is 0 Å². The average molecular weight is 586 g/mol. The van der Waals surface area contributed by atoms with Crippen molar-refractivity contribution in [1.29, 1.82) is 0 Å². The van der Waals surface area contributed by atoms with Gasteiger partial charge in [-0.25, -0.2) is 0 Å². The lowest BCUT2D eigenvalue weighted by molar-refractivity contribution is 0.321. The lowest BCUT2D eigenvalue weighted by Crippen LogP contribution is -2.19. The van der Waals surface area contributed by atoms with Gasteiger partial charge in [0.25, 0.3) is 0 Å². The van der Waals surface area contributed by atoms with E-state index in [1.165, 1.54) is 18.4 Å². The maximum Gasteiger partial charge on any atom is 0.123 e. The predicted molar refractivity (Wildman–Crippen MR) is 170 cm³/mol. The number of aromatic nitrogens is 2. The van der Waals surface area contributed by atoms with Gasteiger partial charge in [-0.15, -0.1) is 0 Å². The first-order chi connectivity index (χ1) is 20.1. The summed E-state index contributed by atoms with van der Waals surface area (Å²) in [5, 5.41) is 10.5. The summed E-state index contributed by atoms with van der Waals surface area (Å²) in [7, 11) is 3.68. The number of likely N-dealkylation sites (tertiary alicyclic amines) is 1. The van der Waals surface area contributed by atoms with E-state index in [4.69, 9.17) is 33.0 Å². The number of halogens is 2. The Balaban J connectivity index is 1.32. The molecule has 1 N–H and O–H groups in total. The van der Waals surface area contributed by atoms with Crippen LogP contribution >= 0.6 is 23.2 Å². The van der Waals surface area contributed by atoms with Gasteiger partial charge in [0.1, 0.15) is 5.75 Å². The third-order valence-electron chi connectivity index (χ3n) is 7.98. The maximum absolute atomic E-state index is 7.07. The summed E-state index contributed by atoms with van der Waals surface area (Å²) >= 11 is 13.9. The van der Waals surface area contributed by atoms with Crippen molar-refractivity contribution in [3.05, 3.63) is 106 Å². The van der Waals surface area contributed by atoms with Crippen LogP contribution in [0.25, 0.3) is 33.2 Å². The number of methoxy groups -OCH3 is 1. The minimum absolute atomic E-state index is 0.541. The first-order valence-electron chi connectivity index (χ1n) is 14.1. The third-order valence-corrected chi connectivity index (χ3v) is 8.74. The zero-order chi connectivity index (χ0) is 28.3. The maximum atomic E-state index is 7.07. The van der Waals surface area contributed by atoms with Crippen molar-refractivity contribution in [1.82, 2.24) is 20.0 Å². The Labute approximate surface area is 251 Å². The van der Waals surface area contributed by atoms with E-state index in [1.807, 2.05) is 17.9 Å². The molecule has 0 atom stereocenters. The summed E-state index contributed by atoms with van der Waals surface area (Å²) in [4.78, 5) is 2.45. The molecule has 5 nitrogen and oxygen atoms in total. The molecular weight excluding hydrogens is 551 g/mol. The summed E-state index contributed by atoms with van der Waals surface area (Å²) in [5.41, 5.74) is 8.51. The molecule has 0 aliphatic carbocycles. The smallest absolute Gasteiger partial charge is 0.123 e. The number of ether oxygens (including phenoxy) is 1. The van der Waals surface area contributed by atoms with Crippen LogP contribution in [0.5, 0.6) is 5.75 Å². The van der Waals surface area contributed by atoms with E-state index in [0.717, 1.165) is 86.3 Å². The Hall–Kier alpha value is -3.35. The molecule has 0 radical (unpaired) electrons. The minimum Gasteiger partial charge on any atom is -0.496 e. The first-order valence-corrected chi connectivity index (χ1v) is 14.9. The molecule has 7 heteroatoms. The zero-order valence-electron chi connectivity index (χ0n) is 23.5. The first kappa shape index (κ1) is 27.8. The Morgan fingerprint density at radius 3 is 2.34 bits per heavy atom. The number of nitrogens with zero attached hydrogens (tertiary/aromatic N) is 3. The Morgan fingerprint density at radius 2 is 1.59 bits per heavy atom. The molecule has 5 aromatic rings. The molecule has 1 aromatic heterocycles. The molecule has 0 amide bonds. The largest absolute Gasteiger partial charge is 0.496 e. The minimum atomic E-state index is 0.541. The predicted octanol–water partition coefficient (Wildman–Crippen LogP) is 8.05. The third kappa shape index (κ3) is 5.73. The molecule has 1 fully saturated rings.